The van der Waals surface area contributed by atoms with Crippen molar-refractivity contribution < 1.29 is 14.6 Å². The van der Waals surface area contributed by atoms with Crippen molar-refractivity contribution in [1.29, 1.82) is 0 Å². The maximum atomic E-state index is 12.3. The Morgan fingerprint density at radius 3 is 2.22 bits per heavy atom. The van der Waals surface area contributed by atoms with E-state index in [0.29, 0.717) is 19.6 Å². The Hall–Kier alpha value is -2.37. The molecule has 0 bridgehead atoms. The lowest BCUT2D eigenvalue weighted by Gasteiger charge is -2.31. The summed E-state index contributed by atoms with van der Waals surface area (Å²) in [5.41, 5.74) is 5.18. The van der Waals surface area contributed by atoms with Crippen molar-refractivity contribution in [3.8, 4) is 0 Å². The van der Waals surface area contributed by atoms with E-state index in [4.69, 9.17) is 4.74 Å². The van der Waals surface area contributed by atoms with E-state index in [2.05, 4.69) is 41.3 Å². The lowest BCUT2D eigenvalue weighted by Crippen LogP contribution is -2.41. The van der Waals surface area contributed by atoms with Gasteiger partial charge < -0.3 is 14.7 Å². The number of aliphatic hydroxyl groups excluding tert-OH is 1. The third kappa shape index (κ3) is 4.31. The summed E-state index contributed by atoms with van der Waals surface area (Å²) in [6, 6.07) is 16.6. The first-order valence-corrected chi connectivity index (χ1v) is 9.65. The number of benzene rings is 2. The molecule has 0 spiro atoms. The largest absolute Gasteiger partial charge is 0.447 e. The van der Waals surface area contributed by atoms with E-state index in [-0.39, 0.29) is 12.7 Å². The third-order valence-corrected chi connectivity index (χ3v) is 5.47. The molecular weight excluding hydrogens is 340 g/mol. The van der Waals surface area contributed by atoms with Gasteiger partial charge in [0, 0.05) is 32.7 Å². The molecule has 2 aliphatic rings. The first-order valence-electron chi connectivity index (χ1n) is 9.65. The summed E-state index contributed by atoms with van der Waals surface area (Å²) in [4.78, 5) is 16.3. The van der Waals surface area contributed by atoms with Crippen molar-refractivity contribution in [1.82, 2.24) is 9.80 Å². The molecule has 2 aromatic carbocycles. The molecule has 27 heavy (non-hydrogen) atoms. The van der Waals surface area contributed by atoms with E-state index in [0.717, 1.165) is 25.9 Å². The molecule has 0 aromatic heterocycles. The summed E-state index contributed by atoms with van der Waals surface area (Å²) in [5, 5.41) is 10.3. The van der Waals surface area contributed by atoms with Crippen LogP contribution in [0.4, 0.5) is 4.79 Å². The van der Waals surface area contributed by atoms with Gasteiger partial charge in [-0.2, -0.15) is 0 Å². The average molecular weight is 366 g/mol. The molecule has 1 atom stereocenters. The number of ether oxygens (including phenoxy) is 1. The fraction of sp³-hybridized carbons (Fsp3) is 0.409. The van der Waals surface area contributed by atoms with Crippen molar-refractivity contribution in [2.24, 2.45) is 0 Å². The van der Waals surface area contributed by atoms with Crippen LogP contribution in [-0.2, 0) is 30.7 Å². The van der Waals surface area contributed by atoms with Gasteiger partial charge >= 0.3 is 6.09 Å². The average Bonchev–Trinajstić information content (AvgIpc) is 2.71. The van der Waals surface area contributed by atoms with Crippen LogP contribution in [0.15, 0.2) is 48.5 Å². The van der Waals surface area contributed by atoms with Crippen LogP contribution in [-0.4, -0.2) is 53.3 Å². The van der Waals surface area contributed by atoms with Crippen molar-refractivity contribution in [3.63, 3.8) is 0 Å². The quantitative estimate of drug-likeness (QED) is 0.904. The highest BCUT2D eigenvalue weighted by molar-refractivity contribution is 5.68. The molecule has 0 saturated carbocycles. The normalized spacial score (nSPS) is 17.7. The van der Waals surface area contributed by atoms with Gasteiger partial charge in [-0.05, 0) is 35.1 Å². The van der Waals surface area contributed by atoms with Crippen LogP contribution in [0.25, 0.3) is 0 Å². The summed E-state index contributed by atoms with van der Waals surface area (Å²) < 4.78 is 5.38. The van der Waals surface area contributed by atoms with Crippen molar-refractivity contribution in [2.45, 2.75) is 32.0 Å². The molecular formula is C22H26N2O3. The van der Waals surface area contributed by atoms with Gasteiger partial charge in [0.2, 0.25) is 0 Å². The molecule has 0 unspecified atom stereocenters. The molecule has 5 heteroatoms. The van der Waals surface area contributed by atoms with Gasteiger partial charge in [0.05, 0.1) is 0 Å². The highest BCUT2D eigenvalue weighted by Gasteiger charge is 2.23. The number of carbonyl (C=O) groups excluding carboxylic acids is 1. The number of nitrogens with zero attached hydrogens (tertiary/aromatic N) is 2. The van der Waals surface area contributed by atoms with E-state index < -0.39 is 6.10 Å². The molecule has 0 fully saturated rings. The minimum Gasteiger partial charge on any atom is -0.447 e. The highest BCUT2D eigenvalue weighted by atomic mass is 16.6. The Balaban J connectivity index is 1.24. The van der Waals surface area contributed by atoms with Crippen LogP contribution in [0.1, 0.15) is 22.3 Å². The summed E-state index contributed by atoms with van der Waals surface area (Å²) in [6.07, 6.45) is 0.834. The molecule has 5 nitrogen and oxygen atoms in total. The molecule has 2 aliphatic heterocycles. The predicted octanol–water partition coefficient (Wildman–Crippen LogP) is 2.60. The number of carbonyl (C=O) groups is 1. The molecule has 0 aliphatic carbocycles. The molecule has 1 N–H and O–H groups in total. The molecule has 1 amide bonds. The van der Waals surface area contributed by atoms with Crippen LogP contribution in [0, 0.1) is 0 Å². The maximum Gasteiger partial charge on any atom is 0.410 e. The summed E-state index contributed by atoms with van der Waals surface area (Å²) in [5.74, 6) is 0. The second kappa shape index (κ2) is 8.11. The van der Waals surface area contributed by atoms with E-state index in [1.54, 1.807) is 4.90 Å². The Morgan fingerprint density at radius 1 is 0.926 bits per heavy atom. The highest BCUT2D eigenvalue weighted by Crippen LogP contribution is 2.20. The third-order valence-electron chi connectivity index (χ3n) is 5.47. The minimum absolute atomic E-state index is 0.0368. The maximum absolute atomic E-state index is 12.3. The van der Waals surface area contributed by atoms with Crippen LogP contribution in [0.3, 0.4) is 0 Å². The second-order valence-corrected chi connectivity index (χ2v) is 7.42. The van der Waals surface area contributed by atoms with Crippen LogP contribution < -0.4 is 0 Å². The zero-order valence-electron chi connectivity index (χ0n) is 15.5. The summed E-state index contributed by atoms with van der Waals surface area (Å²) in [6.45, 7) is 3.55. The summed E-state index contributed by atoms with van der Waals surface area (Å²) >= 11 is 0. The molecule has 142 valence electrons. The molecule has 0 saturated heterocycles. The molecule has 2 aromatic rings. The molecule has 0 radical (unpaired) electrons. The van der Waals surface area contributed by atoms with Crippen molar-refractivity contribution in [2.75, 3.05) is 26.2 Å². The van der Waals surface area contributed by atoms with Gasteiger partial charge in [0.15, 0.2) is 0 Å². The SMILES string of the molecule is O=C(OC[C@@H](O)CN1CCc2ccccc2C1)N1CCc2ccccc2C1. The Morgan fingerprint density at radius 2 is 1.52 bits per heavy atom. The fourth-order valence-electron chi connectivity index (χ4n) is 3.97. The first-order chi connectivity index (χ1) is 13.2. The van der Waals surface area contributed by atoms with E-state index in [1.807, 2.05) is 12.1 Å². The van der Waals surface area contributed by atoms with E-state index in [9.17, 15) is 9.90 Å². The van der Waals surface area contributed by atoms with Gasteiger partial charge in [-0.3, -0.25) is 4.90 Å². The topological polar surface area (TPSA) is 53.0 Å². The number of rotatable bonds is 4. The Bertz CT molecular complexity index is 808. The lowest BCUT2D eigenvalue weighted by molar-refractivity contribution is 0.0257. The van der Waals surface area contributed by atoms with Crippen molar-refractivity contribution >= 4 is 6.09 Å². The number of β-amino-alcohol motifs (C(OH)–C–C–N with tert-alkyl or cyclic N) is 1. The monoisotopic (exact) mass is 366 g/mol. The zero-order chi connectivity index (χ0) is 18.6. The lowest BCUT2D eigenvalue weighted by atomic mass is 10.00. The smallest absolute Gasteiger partial charge is 0.410 e. The fourth-order valence-corrected chi connectivity index (χ4v) is 3.97. The number of amides is 1. The zero-order valence-corrected chi connectivity index (χ0v) is 15.5. The van der Waals surface area contributed by atoms with Gasteiger partial charge in [0.1, 0.15) is 12.7 Å². The second-order valence-electron chi connectivity index (χ2n) is 7.42. The minimum atomic E-state index is -0.670. The summed E-state index contributed by atoms with van der Waals surface area (Å²) in [7, 11) is 0. The molecule has 4 rings (SSSR count). The van der Waals surface area contributed by atoms with Gasteiger partial charge in [-0.15, -0.1) is 0 Å². The number of aliphatic hydroxyl groups is 1. The Kier molecular flexibility index (Phi) is 5.41. The molecule has 2 heterocycles. The van der Waals surface area contributed by atoms with Gasteiger partial charge in [-0.25, -0.2) is 4.79 Å². The van der Waals surface area contributed by atoms with Gasteiger partial charge in [-0.1, -0.05) is 48.5 Å². The van der Waals surface area contributed by atoms with Gasteiger partial charge in [0.25, 0.3) is 0 Å². The van der Waals surface area contributed by atoms with E-state index >= 15 is 0 Å². The number of fused-ring (bicyclic) bond motifs is 2. The van der Waals surface area contributed by atoms with Crippen LogP contribution in [0.5, 0.6) is 0 Å². The Labute approximate surface area is 160 Å². The predicted molar refractivity (Wildman–Crippen MR) is 103 cm³/mol. The van der Waals surface area contributed by atoms with Crippen molar-refractivity contribution in [3.05, 3.63) is 70.8 Å². The standard InChI is InChI=1S/C22H26N2O3/c25-21(15-23-11-9-17-5-1-3-7-19(17)13-23)16-27-22(26)24-12-10-18-6-2-4-8-20(18)14-24/h1-8,21,25H,9-16H2/t21-/m0/s1. The first kappa shape index (κ1) is 18.0. The van der Waals surface area contributed by atoms with E-state index in [1.165, 1.54) is 22.3 Å². The van der Waals surface area contributed by atoms with Crippen LogP contribution >= 0.6 is 0 Å². The number of hydrogen-bond donors (Lipinski definition) is 1. The van der Waals surface area contributed by atoms with Crippen LogP contribution in [0.2, 0.25) is 0 Å². The number of hydrogen-bond acceptors (Lipinski definition) is 4.